The molecule has 0 fully saturated rings. The minimum Gasteiger partial charge on any atom is -0.478 e. The van der Waals surface area contributed by atoms with Crippen LogP contribution in [0.25, 0.3) is 0 Å². The Hall–Kier alpha value is -1.36. The fourth-order valence-corrected chi connectivity index (χ4v) is 3.83. The molecule has 0 saturated heterocycles. The van der Waals surface area contributed by atoms with Crippen molar-refractivity contribution in [1.29, 1.82) is 0 Å². The smallest absolute Gasteiger partial charge is 0.337 e. The highest BCUT2D eigenvalue weighted by Crippen LogP contribution is 2.20. The highest BCUT2D eigenvalue weighted by Gasteiger charge is 2.23. The molecule has 0 heterocycles. The molecule has 18 heavy (non-hydrogen) atoms. The summed E-state index contributed by atoms with van der Waals surface area (Å²) in [7, 11) is -3.54. The van der Waals surface area contributed by atoms with Crippen LogP contribution >= 0.6 is 0 Å². The summed E-state index contributed by atoms with van der Waals surface area (Å²) in [6.45, 7) is 3.86. The van der Waals surface area contributed by atoms with Crippen molar-refractivity contribution in [2.45, 2.75) is 31.6 Å². The van der Waals surface area contributed by atoms with Crippen LogP contribution in [0.1, 0.15) is 37.0 Å². The van der Waals surface area contributed by atoms with Crippen molar-refractivity contribution in [3.05, 3.63) is 29.8 Å². The number of rotatable bonds is 6. The quantitative estimate of drug-likeness (QED) is 0.862. The maximum Gasteiger partial charge on any atom is 0.337 e. The van der Waals surface area contributed by atoms with E-state index in [-0.39, 0.29) is 22.1 Å². The second kappa shape index (κ2) is 6.00. The predicted octanol–water partition coefficient (Wildman–Crippen LogP) is 2.59. The van der Waals surface area contributed by atoms with Crippen LogP contribution < -0.4 is 0 Å². The van der Waals surface area contributed by atoms with Gasteiger partial charge in [0.2, 0.25) is 0 Å². The molecule has 1 aromatic rings. The molecule has 1 atom stereocenters. The van der Waals surface area contributed by atoms with E-state index in [2.05, 4.69) is 0 Å². The molecule has 1 rings (SSSR count). The van der Waals surface area contributed by atoms with Gasteiger partial charge in [0.05, 0.1) is 16.2 Å². The molecule has 0 bridgehead atoms. The summed E-state index contributed by atoms with van der Waals surface area (Å²) in [4.78, 5) is 10.9. The fourth-order valence-electron chi connectivity index (χ4n) is 1.96. The third kappa shape index (κ3) is 3.57. The van der Waals surface area contributed by atoms with Gasteiger partial charge in [-0.1, -0.05) is 32.4 Å². The van der Waals surface area contributed by atoms with E-state index in [9.17, 15) is 13.2 Å². The van der Waals surface area contributed by atoms with E-state index >= 15 is 0 Å². The minimum atomic E-state index is -3.54. The third-order valence-electron chi connectivity index (χ3n) is 2.74. The molecule has 0 saturated carbocycles. The SMILES string of the molecule is CCCC(C)CS(=O)(=O)c1ccccc1C(=O)O. The Kier molecular flexibility index (Phi) is 4.90. The van der Waals surface area contributed by atoms with Gasteiger partial charge >= 0.3 is 5.97 Å². The number of hydrogen-bond acceptors (Lipinski definition) is 3. The summed E-state index contributed by atoms with van der Waals surface area (Å²) >= 11 is 0. The van der Waals surface area contributed by atoms with E-state index in [0.29, 0.717) is 0 Å². The van der Waals surface area contributed by atoms with Gasteiger partial charge in [0.1, 0.15) is 0 Å². The Balaban J connectivity index is 3.09. The highest BCUT2D eigenvalue weighted by molar-refractivity contribution is 7.91. The average Bonchev–Trinajstić information content (AvgIpc) is 2.28. The van der Waals surface area contributed by atoms with E-state index in [1.165, 1.54) is 18.2 Å². The Morgan fingerprint density at radius 2 is 1.94 bits per heavy atom. The molecule has 0 aromatic heterocycles. The standard InChI is InChI=1S/C13H18O4S/c1-3-6-10(2)9-18(16,17)12-8-5-4-7-11(12)13(14)15/h4-5,7-8,10H,3,6,9H2,1-2H3,(H,14,15). The molecule has 0 aliphatic heterocycles. The third-order valence-corrected chi connectivity index (χ3v) is 4.77. The molecule has 1 aromatic carbocycles. The normalized spacial score (nSPS) is 13.2. The number of benzene rings is 1. The van der Waals surface area contributed by atoms with Crippen molar-refractivity contribution < 1.29 is 18.3 Å². The lowest BCUT2D eigenvalue weighted by Gasteiger charge is -2.12. The van der Waals surface area contributed by atoms with Gasteiger partial charge in [-0.15, -0.1) is 0 Å². The number of hydrogen-bond donors (Lipinski definition) is 1. The number of carboxylic acid groups (broad SMARTS) is 1. The van der Waals surface area contributed by atoms with Gasteiger partial charge in [0.25, 0.3) is 0 Å². The fraction of sp³-hybridized carbons (Fsp3) is 0.462. The molecule has 0 spiro atoms. The first-order valence-electron chi connectivity index (χ1n) is 5.93. The lowest BCUT2D eigenvalue weighted by Crippen LogP contribution is -2.17. The van der Waals surface area contributed by atoms with Gasteiger partial charge in [0, 0.05) is 0 Å². The molecule has 0 aliphatic carbocycles. The summed E-state index contributed by atoms with van der Waals surface area (Å²) < 4.78 is 24.4. The van der Waals surface area contributed by atoms with Crippen LogP contribution in [-0.2, 0) is 9.84 Å². The van der Waals surface area contributed by atoms with Gasteiger partial charge in [0.15, 0.2) is 9.84 Å². The molecule has 0 amide bonds. The van der Waals surface area contributed by atoms with Crippen LogP contribution in [0.15, 0.2) is 29.2 Å². The Morgan fingerprint density at radius 3 is 2.50 bits per heavy atom. The first-order chi connectivity index (χ1) is 8.38. The number of sulfone groups is 1. The molecule has 5 heteroatoms. The van der Waals surface area contributed by atoms with E-state index in [1.807, 2.05) is 13.8 Å². The zero-order valence-electron chi connectivity index (χ0n) is 10.6. The van der Waals surface area contributed by atoms with Crippen molar-refractivity contribution in [2.75, 3.05) is 5.75 Å². The molecule has 1 unspecified atom stereocenters. The second-order valence-electron chi connectivity index (χ2n) is 4.48. The zero-order chi connectivity index (χ0) is 13.8. The number of aromatic carboxylic acids is 1. The molecule has 100 valence electrons. The summed E-state index contributed by atoms with van der Waals surface area (Å²) in [5.41, 5.74) is -0.152. The minimum absolute atomic E-state index is 0.00880. The molecule has 0 radical (unpaired) electrons. The van der Waals surface area contributed by atoms with Gasteiger partial charge in [-0.2, -0.15) is 0 Å². The molecule has 4 nitrogen and oxygen atoms in total. The van der Waals surface area contributed by atoms with Crippen molar-refractivity contribution in [3.8, 4) is 0 Å². The second-order valence-corrected chi connectivity index (χ2v) is 6.48. The van der Waals surface area contributed by atoms with Crippen LogP contribution in [0.5, 0.6) is 0 Å². The summed E-state index contributed by atoms with van der Waals surface area (Å²) in [6, 6.07) is 5.75. The average molecular weight is 270 g/mol. The van der Waals surface area contributed by atoms with Crippen LogP contribution in [0.3, 0.4) is 0 Å². The lowest BCUT2D eigenvalue weighted by atomic mass is 10.1. The van der Waals surface area contributed by atoms with Crippen LogP contribution in [0.4, 0.5) is 0 Å². The summed E-state index contributed by atoms with van der Waals surface area (Å²) in [5.74, 6) is -1.19. The van der Waals surface area contributed by atoms with Crippen LogP contribution in [-0.4, -0.2) is 25.2 Å². The largest absolute Gasteiger partial charge is 0.478 e. The van der Waals surface area contributed by atoms with E-state index in [1.54, 1.807) is 6.07 Å². The monoisotopic (exact) mass is 270 g/mol. The van der Waals surface area contributed by atoms with Crippen molar-refractivity contribution in [2.24, 2.45) is 5.92 Å². The molecular formula is C13H18O4S. The van der Waals surface area contributed by atoms with Crippen LogP contribution in [0.2, 0.25) is 0 Å². The predicted molar refractivity (Wildman–Crippen MR) is 69.5 cm³/mol. The Bertz CT molecular complexity index is 520. The summed E-state index contributed by atoms with van der Waals surface area (Å²) in [5, 5.41) is 9.00. The van der Waals surface area contributed by atoms with Gasteiger partial charge in [-0.3, -0.25) is 0 Å². The van der Waals surface area contributed by atoms with Crippen LogP contribution in [0, 0.1) is 5.92 Å². The van der Waals surface area contributed by atoms with Crippen molar-refractivity contribution >= 4 is 15.8 Å². The first-order valence-corrected chi connectivity index (χ1v) is 7.58. The summed E-state index contributed by atoms with van der Waals surface area (Å²) in [6.07, 6.45) is 1.73. The first kappa shape index (κ1) is 14.7. The van der Waals surface area contributed by atoms with Crippen molar-refractivity contribution in [1.82, 2.24) is 0 Å². The zero-order valence-corrected chi connectivity index (χ0v) is 11.4. The highest BCUT2D eigenvalue weighted by atomic mass is 32.2. The molecular weight excluding hydrogens is 252 g/mol. The Labute approximate surface area is 108 Å². The van der Waals surface area contributed by atoms with Crippen molar-refractivity contribution in [3.63, 3.8) is 0 Å². The van der Waals surface area contributed by atoms with Gasteiger partial charge < -0.3 is 5.11 Å². The lowest BCUT2D eigenvalue weighted by molar-refractivity contribution is 0.0692. The van der Waals surface area contributed by atoms with Gasteiger partial charge in [-0.25, -0.2) is 13.2 Å². The number of carboxylic acids is 1. The molecule has 1 N–H and O–H groups in total. The van der Waals surface area contributed by atoms with E-state index in [4.69, 9.17) is 5.11 Å². The maximum atomic E-state index is 12.2. The van der Waals surface area contributed by atoms with Gasteiger partial charge in [-0.05, 0) is 24.5 Å². The Morgan fingerprint density at radius 1 is 1.33 bits per heavy atom. The number of carbonyl (C=O) groups is 1. The van der Waals surface area contributed by atoms with E-state index < -0.39 is 15.8 Å². The van der Waals surface area contributed by atoms with E-state index in [0.717, 1.165) is 12.8 Å². The maximum absolute atomic E-state index is 12.2. The molecule has 0 aliphatic rings. The topological polar surface area (TPSA) is 71.4 Å².